The highest BCUT2D eigenvalue weighted by molar-refractivity contribution is 7.89. The van der Waals surface area contributed by atoms with E-state index in [0.717, 1.165) is 0 Å². The first-order valence-corrected chi connectivity index (χ1v) is 6.69. The highest BCUT2D eigenvalue weighted by Gasteiger charge is 2.19. The van der Waals surface area contributed by atoms with Gasteiger partial charge in [0.1, 0.15) is 0 Å². The number of aliphatic hydroxyl groups is 1. The first-order valence-electron chi connectivity index (χ1n) is 5.03. The third-order valence-corrected chi connectivity index (χ3v) is 3.66. The molecule has 0 amide bonds. The van der Waals surface area contributed by atoms with Crippen molar-refractivity contribution in [2.75, 3.05) is 12.4 Å². The summed E-state index contributed by atoms with van der Waals surface area (Å²) < 4.78 is 25.5. The Labute approximate surface area is 86.8 Å². The number of hydrogen-bond donors (Lipinski definition) is 2. The Morgan fingerprint density at radius 2 is 1.93 bits per heavy atom. The van der Waals surface area contributed by atoms with Gasteiger partial charge in [-0.25, -0.2) is 13.1 Å². The van der Waals surface area contributed by atoms with E-state index in [-0.39, 0.29) is 24.3 Å². The molecule has 4 nitrogen and oxygen atoms in total. The van der Waals surface area contributed by atoms with Crippen molar-refractivity contribution in [1.82, 2.24) is 4.72 Å². The first-order chi connectivity index (χ1) is 6.43. The lowest BCUT2D eigenvalue weighted by Crippen LogP contribution is -2.40. The summed E-state index contributed by atoms with van der Waals surface area (Å²) in [5.74, 6) is 0.357. The molecule has 5 heteroatoms. The van der Waals surface area contributed by atoms with Gasteiger partial charge in [0.25, 0.3) is 0 Å². The summed E-state index contributed by atoms with van der Waals surface area (Å²) in [5, 5.41) is 8.78. The minimum absolute atomic E-state index is 0.0114. The van der Waals surface area contributed by atoms with Crippen LogP contribution >= 0.6 is 0 Å². The maximum atomic E-state index is 11.4. The van der Waals surface area contributed by atoms with Crippen molar-refractivity contribution in [3.8, 4) is 0 Å². The van der Waals surface area contributed by atoms with E-state index >= 15 is 0 Å². The van der Waals surface area contributed by atoms with Gasteiger partial charge in [-0.05, 0) is 18.8 Å². The van der Waals surface area contributed by atoms with Crippen molar-refractivity contribution in [2.45, 2.75) is 39.7 Å². The maximum Gasteiger partial charge on any atom is 0.211 e. The summed E-state index contributed by atoms with van der Waals surface area (Å²) in [5.41, 5.74) is 0. The van der Waals surface area contributed by atoms with Crippen LogP contribution in [0.1, 0.15) is 33.6 Å². The van der Waals surface area contributed by atoms with Crippen LogP contribution in [0, 0.1) is 5.92 Å². The maximum absolute atomic E-state index is 11.4. The molecule has 0 heterocycles. The highest BCUT2D eigenvalue weighted by Crippen LogP contribution is 2.07. The Bertz CT molecular complexity index is 236. The minimum Gasteiger partial charge on any atom is -0.396 e. The molecule has 0 rings (SSSR count). The van der Waals surface area contributed by atoms with Gasteiger partial charge < -0.3 is 5.11 Å². The van der Waals surface area contributed by atoms with Crippen LogP contribution in [0.4, 0.5) is 0 Å². The molecule has 0 fully saturated rings. The van der Waals surface area contributed by atoms with Gasteiger partial charge in [0, 0.05) is 12.6 Å². The van der Waals surface area contributed by atoms with E-state index in [2.05, 4.69) is 4.72 Å². The van der Waals surface area contributed by atoms with Gasteiger partial charge in [0.05, 0.1) is 5.75 Å². The van der Waals surface area contributed by atoms with Crippen LogP contribution < -0.4 is 4.72 Å². The predicted octanol–water partition coefficient (Wildman–Crippen LogP) is 0.723. The van der Waals surface area contributed by atoms with Crippen LogP contribution in [-0.4, -0.2) is 31.9 Å². The third-order valence-electron chi connectivity index (χ3n) is 2.05. The molecule has 86 valence electrons. The molecule has 0 aliphatic carbocycles. The molecule has 0 saturated heterocycles. The second-order valence-electron chi connectivity index (χ2n) is 3.80. The molecule has 14 heavy (non-hydrogen) atoms. The Kier molecular flexibility index (Phi) is 6.31. The van der Waals surface area contributed by atoms with Crippen LogP contribution in [0.3, 0.4) is 0 Å². The van der Waals surface area contributed by atoms with Crippen molar-refractivity contribution in [3.05, 3.63) is 0 Å². The molecule has 0 aliphatic heterocycles. The number of rotatable bonds is 7. The zero-order valence-corrected chi connectivity index (χ0v) is 9.97. The number of nitrogens with one attached hydrogen (secondary N) is 1. The molecule has 0 aromatic rings. The first kappa shape index (κ1) is 13.9. The monoisotopic (exact) mass is 223 g/mol. The van der Waals surface area contributed by atoms with Gasteiger partial charge in [-0.2, -0.15) is 0 Å². The largest absolute Gasteiger partial charge is 0.396 e. The molecule has 0 aromatic carbocycles. The number of aliphatic hydroxyl groups excluding tert-OH is 1. The van der Waals surface area contributed by atoms with Crippen molar-refractivity contribution >= 4 is 10.0 Å². The summed E-state index contributed by atoms with van der Waals surface area (Å²) in [6.07, 6.45) is 1.08. The molecular formula is C9H21NO3S. The Morgan fingerprint density at radius 3 is 2.29 bits per heavy atom. The van der Waals surface area contributed by atoms with Gasteiger partial charge in [-0.1, -0.05) is 20.8 Å². The zero-order chi connectivity index (χ0) is 11.2. The molecule has 0 bridgehead atoms. The van der Waals surface area contributed by atoms with Gasteiger partial charge in [0.15, 0.2) is 0 Å². The second kappa shape index (κ2) is 6.37. The van der Waals surface area contributed by atoms with Crippen LogP contribution in [0.15, 0.2) is 0 Å². The number of sulfonamides is 1. The average molecular weight is 223 g/mol. The van der Waals surface area contributed by atoms with Gasteiger partial charge in [-0.3, -0.25) is 0 Å². The lowest BCUT2D eigenvalue weighted by Gasteiger charge is -2.21. The van der Waals surface area contributed by atoms with Crippen LogP contribution in [0.5, 0.6) is 0 Å². The van der Waals surface area contributed by atoms with Gasteiger partial charge in [0.2, 0.25) is 10.0 Å². The zero-order valence-electron chi connectivity index (χ0n) is 9.16. The van der Waals surface area contributed by atoms with E-state index < -0.39 is 10.0 Å². The van der Waals surface area contributed by atoms with E-state index in [1.54, 1.807) is 0 Å². The molecule has 0 radical (unpaired) electrons. The summed E-state index contributed by atoms with van der Waals surface area (Å²) in [4.78, 5) is 0. The third kappa shape index (κ3) is 5.57. The van der Waals surface area contributed by atoms with Gasteiger partial charge in [-0.15, -0.1) is 0 Å². The lowest BCUT2D eigenvalue weighted by molar-refractivity contribution is 0.256. The topological polar surface area (TPSA) is 66.4 Å². The SMILES string of the molecule is CCCS(=O)(=O)NC(CCO)C(C)C. The molecule has 0 aliphatic rings. The van der Waals surface area contributed by atoms with Gasteiger partial charge >= 0.3 is 0 Å². The van der Waals surface area contributed by atoms with Crippen LogP contribution in [0.2, 0.25) is 0 Å². The van der Waals surface area contributed by atoms with Crippen LogP contribution in [-0.2, 0) is 10.0 Å². The van der Waals surface area contributed by atoms with Crippen molar-refractivity contribution in [2.24, 2.45) is 5.92 Å². The normalized spacial score (nSPS) is 14.6. The van der Waals surface area contributed by atoms with Crippen molar-refractivity contribution in [3.63, 3.8) is 0 Å². The minimum atomic E-state index is -3.16. The summed E-state index contributed by atoms with van der Waals surface area (Å²) in [6, 6.07) is -0.156. The lowest BCUT2D eigenvalue weighted by atomic mass is 10.0. The molecule has 2 N–H and O–H groups in total. The Morgan fingerprint density at radius 1 is 1.36 bits per heavy atom. The van der Waals surface area contributed by atoms with Crippen molar-refractivity contribution in [1.29, 1.82) is 0 Å². The number of hydrogen-bond acceptors (Lipinski definition) is 3. The molecule has 0 spiro atoms. The molecule has 1 atom stereocenters. The average Bonchev–Trinajstić information content (AvgIpc) is 2.02. The standard InChI is InChI=1S/C9H21NO3S/c1-4-7-14(12,13)10-9(5-6-11)8(2)3/h8-11H,4-7H2,1-3H3. The van der Waals surface area contributed by atoms with E-state index in [1.165, 1.54) is 0 Å². The Hall–Kier alpha value is -0.130. The summed E-state index contributed by atoms with van der Waals surface area (Å²) >= 11 is 0. The van der Waals surface area contributed by atoms with E-state index in [9.17, 15) is 8.42 Å². The molecule has 0 aromatic heterocycles. The van der Waals surface area contributed by atoms with Crippen molar-refractivity contribution < 1.29 is 13.5 Å². The summed E-state index contributed by atoms with van der Waals surface area (Å²) in [6.45, 7) is 5.72. The molecular weight excluding hydrogens is 202 g/mol. The quantitative estimate of drug-likeness (QED) is 0.668. The van der Waals surface area contributed by atoms with E-state index in [4.69, 9.17) is 5.11 Å². The molecule has 1 unspecified atom stereocenters. The smallest absolute Gasteiger partial charge is 0.211 e. The van der Waals surface area contributed by atoms with E-state index in [1.807, 2.05) is 20.8 Å². The van der Waals surface area contributed by atoms with Crippen LogP contribution in [0.25, 0.3) is 0 Å². The summed E-state index contributed by atoms with van der Waals surface area (Å²) in [7, 11) is -3.16. The second-order valence-corrected chi connectivity index (χ2v) is 5.67. The Balaban J connectivity index is 4.28. The van der Waals surface area contributed by atoms with E-state index in [0.29, 0.717) is 12.8 Å². The fourth-order valence-corrected chi connectivity index (χ4v) is 2.73. The fraction of sp³-hybridized carbons (Fsp3) is 1.00. The predicted molar refractivity (Wildman–Crippen MR) is 57.5 cm³/mol. The molecule has 0 saturated carbocycles. The fourth-order valence-electron chi connectivity index (χ4n) is 1.23. The highest BCUT2D eigenvalue weighted by atomic mass is 32.2.